The van der Waals surface area contributed by atoms with Gasteiger partial charge in [0.2, 0.25) is 5.95 Å². The van der Waals surface area contributed by atoms with E-state index in [0.29, 0.717) is 30.3 Å². The van der Waals surface area contributed by atoms with Gasteiger partial charge >= 0.3 is 11.4 Å². The number of aromatic nitrogens is 4. The molecule has 10 nitrogen and oxygen atoms in total. The Hall–Kier alpha value is -4.51. The van der Waals surface area contributed by atoms with Crippen LogP contribution in [0.4, 0.5) is 16.2 Å². The molecule has 0 unspecified atom stereocenters. The van der Waals surface area contributed by atoms with Crippen molar-refractivity contribution in [1.29, 1.82) is 0 Å². The number of pyridine rings is 1. The van der Waals surface area contributed by atoms with E-state index in [9.17, 15) is 14.0 Å². The van der Waals surface area contributed by atoms with Crippen LogP contribution in [0.15, 0.2) is 76.4 Å². The minimum Gasteiger partial charge on any atom is -0.497 e. The van der Waals surface area contributed by atoms with Gasteiger partial charge in [0.1, 0.15) is 17.4 Å². The van der Waals surface area contributed by atoms with Crippen LogP contribution in [0, 0.1) is 5.82 Å². The molecule has 0 fully saturated rings. The summed E-state index contributed by atoms with van der Waals surface area (Å²) in [4.78, 5) is 35.1. The first kappa shape index (κ1) is 26.6. The molecule has 0 aliphatic rings. The van der Waals surface area contributed by atoms with E-state index in [0.717, 1.165) is 15.7 Å². The van der Waals surface area contributed by atoms with Gasteiger partial charge in [-0.2, -0.15) is 4.98 Å². The zero-order valence-electron chi connectivity index (χ0n) is 21.2. The molecule has 0 saturated heterocycles. The monoisotopic (exact) mass is 520 g/mol. The lowest BCUT2D eigenvalue weighted by atomic mass is 10.2. The number of benzene rings is 2. The number of nitrogens with zero attached hydrogens (tertiary/aromatic N) is 4. The average Bonchev–Trinajstić information content (AvgIpc) is 2.94. The lowest BCUT2D eigenvalue weighted by molar-refractivity contribution is 0.210. The van der Waals surface area contributed by atoms with Crippen LogP contribution in [0.25, 0.3) is 0 Å². The molecule has 38 heavy (non-hydrogen) atoms. The lowest BCUT2D eigenvalue weighted by Gasteiger charge is -2.17. The fraction of sp³-hybridized carbons (Fsp3) is 0.259. The number of ether oxygens (including phenoxy) is 2. The van der Waals surface area contributed by atoms with Crippen molar-refractivity contribution in [3.8, 4) is 5.75 Å². The fourth-order valence-corrected chi connectivity index (χ4v) is 3.81. The first-order valence-electron chi connectivity index (χ1n) is 12.0. The van der Waals surface area contributed by atoms with E-state index in [4.69, 9.17) is 9.47 Å². The summed E-state index contributed by atoms with van der Waals surface area (Å²) in [5.74, 6) is 1.06. The highest BCUT2D eigenvalue weighted by atomic mass is 19.1. The maximum atomic E-state index is 13.6. The third kappa shape index (κ3) is 6.62. The molecule has 2 heterocycles. The van der Waals surface area contributed by atoms with E-state index < -0.39 is 17.2 Å². The molecule has 0 aliphatic carbocycles. The first-order chi connectivity index (χ1) is 18.5. The Bertz CT molecular complexity index is 1470. The third-order valence-electron chi connectivity index (χ3n) is 5.83. The SMILES string of the molecule is COCCNc1ncccc1CNc1nc(=O)n(Cc2ccc(F)cc2)c(=O)n1Cc1ccc(OC)cc1. The van der Waals surface area contributed by atoms with E-state index in [2.05, 4.69) is 20.6 Å². The van der Waals surface area contributed by atoms with Crippen molar-refractivity contribution in [2.45, 2.75) is 19.6 Å². The molecule has 0 bridgehead atoms. The summed E-state index contributed by atoms with van der Waals surface area (Å²) in [5, 5.41) is 6.35. The maximum Gasteiger partial charge on any atom is 0.355 e. The molecule has 11 heteroatoms. The third-order valence-corrected chi connectivity index (χ3v) is 5.83. The molecule has 4 aromatic rings. The van der Waals surface area contributed by atoms with Crippen molar-refractivity contribution < 1.29 is 13.9 Å². The molecule has 0 amide bonds. The van der Waals surface area contributed by atoms with Crippen LogP contribution in [0.5, 0.6) is 5.75 Å². The predicted molar refractivity (Wildman–Crippen MR) is 142 cm³/mol. The quantitative estimate of drug-likeness (QED) is 0.274. The standard InChI is InChI=1S/C27H29FN6O4/c1-37-15-14-30-24-21(4-3-13-29-24)16-31-25-32-26(35)34(18-19-5-9-22(28)10-6-19)27(36)33(25)17-20-7-11-23(38-2)12-8-20/h3-13H,14-18H2,1-2H3,(H,29,30)(H,31,32,35). The molecule has 0 spiro atoms. The molecular weight excluding hydrogens is 491 g/mol. The molecule has 0 radical (unpaired) electrons. The van der Waals surface area contributed by atoms with Crippen molar-refractivity contribution >= 4 is 11.8 Å². The molecule has 0 atom stereocenters. The molecular formula is C27H29FN6O4. The smallest absolute Gasteiger partial charge is 0.355 e. The highest BCUT2D eigenvalue weighted by molar-refractivity contribution is 5.45. The number of anilines is 2. The van der Waals surface area contributed by atoms with Crippen LogP contribution in [-0.4, -0.2) is 46.5 Å². The largest absolute Gasteiger partial charge is 0.497 e. The average molecular weight is 521 g/mol. The van der Waals surface area contributed by atoms with Gasteiger partial charge in [-0.1, -0.05) is 30.3 Å². The zero-order chi connectivity index (χ0) is 26.9. The van der Waals surface area contributed by atoms with Gasteiger partial charge in [0.25, 0.3) is 0 Å². The van der Waals surface area contributed by atoms with Crippen molar-refractivity contribution in [2.75, 3.05) is 38.0 Å². The van der Waals surface area contributed by atoms with E-state index in [1.165, 1.54) is 28.8 Å². The Morgan fingerprint density at radius 2 is 1.58 bits per heavy atom. The van der Waals surface area contributed by atoms with Crippen LogP contribution < -0.4 is 26.7 Å². The fourth-order valence-electron chi connectivity index (χ4n) is 3.81. The molecule has 0 saturated carbocycles. The number of nitrogens with one attached hydrogen (secondary N) is 2. The lowest BCUT2D eigenvalue weighted by Crippen LogP contribution is -2.43. The van der Waals surface area contributed by atoms with Crippen LogP contribution >= 0.6 is 0 Å². The molecule has 2 aromatic heterocycles. The summed E-state index contributed by atoms with van der Waals surface area (Å²) in [5.41, 5.74) is 0.985. The summed E-state index contributed by atoms with van der Waals surface area (Å²) in [6.07, 6.45) is 1.67. The Morgan fingerprint density at radius 1 is 0.895 bits per heavy atom. The Morgan fingerprint density at radius 3 is 2.26 bits per heavy atom. The second kappa shape index (κ2) is 12.6. The van der Waals surface area contributed by atoms with Crippen LogP contribution in [0.3, 0.4) is 0 Å². The van der Waals surface area contributed by atoms with Crippen LogP contribution in [0.2, 0.25) is 0 Å². The normalized spacial score (nSPS) is 10.8. The molecule has 2 aromatic carbocycles. The number of hydrogen-bond acceptors (Lipinski definition) is 8. The summed E-state index contributed by atoms with van der Waals surface area (Å²) >= 11 is 0. The zero-order valence-corrected chi connectivity index (χ0v) is 21.2. The summed E-state index contributed by atoms with van der Waals surface area (Å²) in [7, 11) is 3.20. The van der Waals surface area contributed by atoms with Gasteiger partial charge < -0.3 is 20.1 Å². The minimum atomic E-state index is -0.711. The van der Waals surface area contributed by atoms with Crippen molar-refractivity contribution in [1.82, 2.24) is 19.1 Å². The van der Waals surface area contributed by atoms with E-state index in [1.54, 1.807) is 38.6 Å². The predicted octanol–water partition coefficient (Wildman–Crippen LogP) is 2.71. The summed E-state index contributed by atoms with van der Waals surface area (Å²) in [6, 6.07) is 16.6. The van der Waals surface area contributed by atoms with Gasteiger partial charge in [-0.3, -0.25) is 4.57 Å². The summed E-state index contributed by atoms with van der Waals surface area (Å²) < 4.78 is 26.1. The van der Waals surface area contributed by atoms with Crippen LogP contribution in [0.1, 0.15) is 16.7 Å². The highest BCUT2D eigenvalue weighted by Gasteiger charge is 2.15. The first-order valence-corrected chi connectivity index (χ1v) is 12.0. The van der Waals surface area contributed by atoms with Crippen molar-refractivity contribution in [3.63, 3.8) is 0 Å². The number of rotatable bonds is 12. The van der Waals surface area contributed by atoms with Gasteiger partial charge in [0, 0.05) is 32.0 Å². The van der Waals surface area contributed by atoms with Gasteiger partial charge in [0.05, 0.1) is 26.8 Å². The Balaban J connectivity index is 1.67. The van der Waals surface area contributed by atoms with Crippen molar-refractivity contribution in [2.24, 2.45) is 0 Å². The number of hydrogen-bond donors (Lipinski definition) is 2. The number of halogens is 1. The molecule has 2 N–H and O–H groups in total. The van der Waals surface area contributed by atoms with Crippen molar-refractivity contribution in [3.05, 3.63) is 110 Å². The topological polar surface area (TPSA) is 112 Å². The van der Waals surface area contributed by atoms with Gasteiger partial charge in [-0.25, -0.2) is 23.5 Å². The van der Waals surface area contributed by atoms with E-state index >= 15 is 0 Å². The second-order valence-electron chi connectivity index (χ2n) is 8.43. The summed E-state index contributed by atoms with van der Waals surface area (Å²) in [6.45, 7) is 1.47. The highest BCUT2D eigenvalue weighted by Crippen LogP contribution is 2.15. The van der Waals surface area contributed by atoms with Gasteiger partial charge in [0.15, 0.2) is 0 Å². The van der Waals surface area contributed by atoms with E-state index in [1.807, 2.05) is 18.2 Å². The van der Waals surface area contributed by atoms with Crippen LogP contribution in [-0.2, 0) is 24.4 Å². The minimum absolute atomic E-state index is 0.0377. The molecule has 4 rings (SSSR count). The Labute approximate surface area is 218 Å². The molecule has 0 aliphatic heterocycles. The second-order valence-corrected chi connectivity index (χ2v) is 8.43. The number of methoxy groups -OCH3 is 2. The van der Waals surface area contributed by atoms with E-state index in [-0.39, 0.29) is 25.6 Å². The van der Waals surface area contributed by atoms with Gasteiger partial charge in [-0.15, -0.1) is 0 Å². The Kier molecular flexibility index (Phi) is 8.83. The maximum absolute atomic E-state index is 13.6. The van der Waals surface area contributed by atoms with Gasteiger partial charge in [-0.05, 0) is 41.5 Å². The molecule has 198 valence electrons.